The lowest BCUT2D eigenvalue weighted by Crippen LogP contribution is -2.43. The van der Waals surface area contributed by atoms with Crippen LogP contribution in [0.1, 0.15) is 6.92 Å². The van der Waals surface area contributed by atoms with E-state index in [-0.39, 0.29) is 5.91 Å². The quantitative estimate of drug-likeness (QED) is 0.590. The van der Waals surface area contributed by atoms with E-state index in [9.17, 15) is 9.59 Å². The van der Waals surface area contributed by atoms with Crippen molar-refractivity contribution in [3.8, 4) is 16.9 Å². The number of nitrogens with zero attached hydrogens (tertiary/aromatic N) is 1. The number of nitrogens with one attached hydrogen (secondary N) is 1. The monoisotopic (exact) mass is 422 g/mol. The first-order valence-corrected chi connectivity index (χ1v) is 10.5. The van der Waals surface area contributed by atoms with Gasteiger partial charge in [0.25, 0.3) is 5.91 Å². The number of benzene rings is 2. The van der Waals surface area contributed by atoms with Gasteiger partial charge < -0.3 is 19.2 Å². The second-order valence-corrected chi connectivity index (χ2v) is 7.51. The van der Waals surface area contributed by atoms with E-state index < -0.39 is 11.7 Å². The molecule has 162 valence electrons. The molecule has 0 unspecified atom stereocenters. The summed E-state index contributed by atoms with van der Waals surface area (Å²) in [6, 6.07) is 16.4. The van der Waals surface area contributed by atoms with Crippen LogP contribution < -0.4 is 15.7 Å². The van der Waals surface area contributed by atoms with E-state index in [1.807, 2.05) is 36.4 Å². The first kappa shape index (κ1) is 21.1. The molecule has 1 N–H and O–H groups in total. The maximum atomic E-state index is 12.4. The number of carbonyl (C=O) groups is 1. The van der Waals surface area contributed by atoms with E-state index in [4.69, 9.17) is 13.9 Å². The lowest BCUT2D eigenvalue weighted by atomic mass is 10.0. The molecule has 0 aliphatic carbocycles. The third kappa shape index (κ3) is 5.31. The van der Waals surface area contributed by atoms with Gasteiger partial charge in [-0.05, 0) is 30.2 Å². The SMILES string of the molecule is C[C@H](Oc1ccc2c(-c3ccccc3)cc(=O)oc2c1)C(=O)NCCN1CCOCC1. The molecule has 1 fully saturated rings. The highest BCUT2D eigenvalue weighted by molar-refractivity contribution is 5.93. The molecule has 0 bridgehead atoms. The van der Waals surface area contributed by atoms with Gasteiger partial charge in [0.1, 0.15) is 11.3 Å². The third-order valence-electron chi connectivity index (χ3n) is 5.31. The molecule has 1 aliphatic rings. The number of carbonyl (C=O) groups excluding carboxylic acids is 1. The summed E-state index contributed by atoms with van der Waals surface area (Å²) in [7, 11) is 0. The van der Waals surface area contributed by atoms with Gasteiger partial charge in [0, 0.05) is 43.7 Å². The zero-order valence-electron chi connectivity index (χ0n) is 17.5. The molecule has 1 saturated heterocycles. The Balaban J connectivity index is 1.42. The lowest BCUT2D eigenvalue weighted by Gasteiger charge is -2.26. The molecule has 1 aromatic heterocycles. The predicted octanol–water partition coefficient (Wildman–Crippen LogP) is 2.68. The zero-order valence-corrected chi connectivity index (χ0v) is 17.5. The van der Waals surface area contributed by atoms with Crippen LogP contribution in [0.2, 0.25) is 0 Å². The van der Waals surface area contributed by atoms with Crippen LogP contribution in [0.5, 0.6) is 5.75 Å². The maximum absolute atomic E-state index is 12.4. The van der Waals surface area contributed by atoms with Crippen LogP contribution in [0.25, 0.3) is 22.1 Å². The van der Waals surface area contributed by atoms with Gasteiger partial charge in [-0.25, -0.2) is 4.79 Å². The molecule has 1 aliphatic heterocycles. The van der Waals surface area contributed by atoms with Crippen LogP contribution in [-0.4, -0.2) is 56.3 Å². The summed E-state index contributed by atoms with van der Waals surface area (Å²) in [6.45, 7) is 6.27. The smallest absolute Gasteiger partial charge is 0.336 e. The molecule has 31 heavy (non-hydrogen) atoms. The number of amides is 1. The van der Waals surface area contributed by atoms with Crippen LogP contribution in [0.15, 0.2) is 63.8 Å². The Morgan fingerprint density at radius 3 is 2.68 bits per heavy atom. The average Bonchev–Trinajstić information content (AvgIpc) is 2.79. The highest BCUT2D eigenvalue weighted by Gasteiger charge is 2.17. The summed E-state index contributed by atoms with van der Waals surface area (Å²) in [4.78, 5) is 26.7. The van der Waals surface area contributed by atoms with Crippen molar-refractivity contribution in [1.29, 1.82) is 0 Å². The molecular formula is C24H26N2O5. The normalized spacial score (nSPS) is 15.5. The first-order valence-electron chi connectivity index (χ1n) is 10.5. The Morgan fingerprint density at radius 1 is 1.13 bits per heavy atom. The van der Waals surface area contributed by atoms with Gasteiger partial charge in [-0.2, -0.15) is 0 Å². The number of morpholine rings is 1. The van der Waals surface area contributed by atoms with Crippen LogP contribution >= 0.6 is 0 Å². The standard InChI is InChI=1S/C24H26N2O5/c1-17(24(28)25-9-10-26-11-13-29-14-12-26)30-19-7-8-20-21(18-5-3-2-4-6-18)16-23(27)31-22(20)15-19/h2-8,15-17H,9-14H2,1H3,(H,25,28)/t17-/m0/s1. The third-order valence-corrected chi connectivity index (χ3v) is 5.31. The van der Waals surface area contributed by atoms with Gasteiger partial charge in [0.2, 0.25) is 0 Å². The van der Waals surface area contributed by atoms with Gasteiger partial charge in [0.15, 0.2) is 6.10 Å². The van der Waals surface area contributed by atoms with Gasteiger partial charge >= 0.3 is 5.63 Å². The molecule has 0 saturated carbocycles. The Morgan fingerprint density at radius 2 is 1.90 bits per heavy atom. The lowest BCUT2D eigenvalue weighted by molar-refractivity contribution is -0.127. The van der Waals surface area contributed by atoms with Crippen molar-refractivity contribution in [2.24, 2.45) is 0 Å². The topological polar surface area (TPSA) is 81.0 Å². The number of rotatable bonds is 7. The number of fused-ring (bicyclic) bond motifs is 1. The van der Waals surface area contributed by atoms with Crippen LogP contribution in [0.4, 0.5) is 0 Å². The fourth-order valence-electron chi connectivity index (χ4n) is 3.64. The van der Waals surface area contributed by atoms with Crippen molar-refractivity contribution in [3.63, 3.8) is 0 Å². The van der Waals surface area contributed by atoms with Crippen LogP contribution in [0, 0.1) is 0 Å². The molecule has 7 nitrogen and oxygen atoms in total. The summed E-state index contributed by atoms with van der Waals surface area (Å²) in [5, 5.41) is 3.71. The minimum atomic E-state index is -0.675. The first-order chi connectivity index (χ1) is 15.1. The number of ether oxygens (including phenoxy) is 2. The van der Waals surface area contributed by atoms with Crippen molar-refractivity contribution in [1.82, 2.24) is 10.2 Å². The molecular weight excluding hydrogens is 396 g/mol. The van der Waals surface area contributed by atoms with Gasteiger partial charge in [-0.1, -0.05) is 30.3 Å². The van der Waals surface area contributed by atoms with E-state index in [0.717, 1.165) is 49.4 Å². The van der Waals surface area contributed by atoms with Crippen molar-refractivity contribution in [3.05, 3.63) is 65.0 Å². The van der Waals surface area contributed by atoms with E-state index >= 15 is 0 Å². The molecule has 2 aromatic carbocycles. The van der Waals surface area contributed by atoms with Crippen molar-refractivity contribution in [2.75, 3.05) is 39.4 Å². The van der Waals surface area contributed by atoms with Gasteiger partial charge in [-0.15, -0.1) is 0 Å². The predicted molar refractivity (Wildman–Crippen MR) is 118 cm³/mol. The van der Waals surface area contributed by atoms with Crippen molar-refractivity contribution >= 4 is 16.9 Å². The largest absolute Gasteiger partial charge is 0.481 e. The summed E-state index contributed by atoms with van der Waals surface area (Å²) in [5.74, 6) is 0.282. The summed E-state index contributed by atoms with van der Waals surface area (Å²) < 4.78 is 16.5. The summed E-state index contributed by atoms with van der Waals surface area (Å²) >= 11 is 0. The molecule has 2 heterocycles. The summed E-state index contributed by atoms with van der Waals surface area (Å²) in [5.41, 5.74) is 1.72. The van der Waals surface area contributed by atoms with Crippen LogP contribution in [-0.2, 0) is 9.53 Å². The Labute approximate surface area is 180 Å². The highest BCUT2D eigenvalue weighted by atomic mass is 16.5. The van der Waals surface area contributed by atoms with E-state index in [1.165, 1.54) is 6.07 Å². The molecule has 3 aromatic rings. The maximum Gasteiger partial charge on any atom is 0.336 e. The highest BCUT2D eigenvalue weighted by Crippen LogP contribution is 2.29. The molecule has 1 atom stereocenters. The Hall–Kier alpha value is -3.16. The fourth-order valence-corrected chi connectivity index (χ4v) is 3.64. The summed E-state index contributed by atoms with van der Waals surface area (Å²) in [6.07, 6.45) is -0.675. The number of hydrogen-bond donors (Lipinski definition) is 1. The Kier molecular flexibility index (Phi) is 6.64. The zero-order chi connectivity index (χ0) is 21.6. The molecule has 0 radical (unpaired) electrons. The minimum Gasteiger partial charge on any atom is -0.481 e. The van der Waals surface area contributed by atoms with Crippen LogP contribution in [0.3, 0.4) is 0 Å². The van der Waals surface area contributed by atoms with Crippen molar-refractivity contribution < 1.29 is 18.7 Å². The minimum absolute atomic E-state index is 0.187. The van der Waals surface area contributed by atoms with E-state index in [1.54, 1.807) is 19.1 Å². The van der Waals surface area contributed by atoms with Crippen molar-refractivity contribution in [2.45, 2.75) is 13.0 Å². The fraction of sp³-hybridized carbons (Fsp3) is 0.333. The van der Waals surface area contributed by atoms with Gasteiger partial charge in [0.05, 0.1) is 13.2 Å². The molecule has 4 rings (SSSR count). The number of hydrogen-bond acceptors (Lipinski definition) is 6. The van der Waals surface area contributed by atoms with E-state index in [2.05, 4.69) is 10.2 Å². The second-order valence-electron chi connectivity index (χ2n) is 7.51. The van der Waals surface area contributed by atoms with Gasteiger partial charge in [-0.3, -0.25) is 9.69 Å². The molecule has 7 heteroatoms. The average molecular weight is 422 g/mol. The second kappa shape index (κ2) is 9.76. The molecule has 0 spiro atoms. The molecule has 1 amide bonds. The Bertz CT molecular complexity index is 1090. The van der Waals surface area contributed by atoms with E-state index in [0.29, 0.717) is 17.9 Å².